The zero-order chi connectivity index (χ0) is 23.3. The average molecular weight is 464 g/mol. The van der Waals surface area contributed by atoms with Crippen LogP contribution in [0.2, 0.25) is 0 Å². The summed E-state index contributed by atoms with van der Waals surface area (Å²) < 4.78 is 72.4. The minimum absolute atomic E-state index is 0.0197. The number of carbonyl (C=O) groups is 1. The Labute approximate surface area is 184 Å². The van der Waals surface area contributed by atoms with Crippen LogP contribution in [0, 0.1) is 11.6 Å². The fourth-order valence-corrected chi connectivity index (χ4v) is 4.74. The van der Waals surface area contributed by atoms with E-state index in [4.69, 9.17) is 4.42 Å². The maximum Gasteiger partial charge on any atom is 0.417 e. The van der Waals surface area contributed by atoms with E-state index >= 15 is 0 Å². The highest BCUT2D eigenvalue weighted by atomic mass is 19.4. The molecule has 2 saturated heterocycles. The van der Waals surface area contributed by atoms with Gasteiger partial charge in [-0.2, -0.15) is 13.2 Å². The van der Waals surface area contributed by atoms with Gasteiger partial charge in [0.05, 0.1) is 35.0 Å². The van der Waals surface area contributed by atoms with Crippen LogP contribution in [0.3, 0.4) is 0 Å². The monoisotopic (exact) mass is 464 g/mol. The molecule has 3 unspecified atom stereocenters. The second-order valence-corrected chi connectivity index (χ2v) is 8.05. The highest BCUT2D eigenvalue weighted by Gasteiger charge is 2.49. The Balaban J connectivity index is 1.40. The van der Waals surface area contributed by atoms with E-state index in [-0.39, 0.29) is 34.9 Å². The Morgan fingerprint density at radius 2 is 1.97 bits per heavy atom. The highest BCUT2D eigenvalue weighted by molar-refractivity contribution is 6.00. The summed E-state index contributed by atoms with van der Waals surface area (Å²) in [4.78, 5) is 22.6. The first kappa shape index (κ1) is 21.4. The molecule has 2 aromatic heterocycles. The van der Waals surface area contributed by atoms with E-state index < -0.39 is 35.3 Å². The number of benzene rings is 1. The van der Waals surface area contributed by atoms with Gasteiger partial charge >= 0.3 is 6.18 Å². The predicted molar refractivity (Wildman–Crippen MR) is 106 cm³/mol. The SMILES string of the molecule is O=C(c1cccc(F)c1-c1ncco1)N1C2CCC1C(Nc1ncc(C(F)(F)F)cc1F)C2. The van der Waals surface area contributed by atoms with Crippen molar-refractivity contribution in [2.24, 2.45) is 0 Å². The largest absolute Gasteiger partial charge is 0.444 e. The molecular weight excluding hydrogens is 447 g/mol. The number of anilines is 1. The number of halogens is 5. The number of oxazole rings is 1. The first-order valence-electron chi connectivity index (χ1n) is 10.2. The van der Waals surface area contributed by atoms with Gasteiger partial charge in [0.2, 0.25) is 5.89 Å². The van der Waals surface area contributed by atoms with Crippen LogP contribution in [-0.2, 0) is 6.18 Å². The smallest absolute Gasteiger partial charge is 0.417 e. The van der Waals surface area contributed by atoms with E-state index in [1.165, 1.54) is 30.7 Å². The van der Waals surface area contributed by atoms with E-state index in [0.717, 1.165) is 0 Å². The molecular formula is C22H17F5N4O2. The highest BCUT2D eigenvalue weighted by Crippen LogP contribution is 2.41. The lowest BCUT2D eigenvalue weighted by Gasteiger charge is -2.26. The summed E-state index contributed by atoms with van der Waals surface area (Å²) in [6.07, 6.45) is 0.274. The number of nitrogens with zero attached hydrogens (tertiary/aromatic N) is 3. The van der Waals surface area contributed by atoms with E-state index in [1.54, 1.807) is 4.90 Å². The van der Waals surface area contributed by atoms with Gasteiger partial charge < -0.3 is 14.6 Å². The van der Waals surface area contributed by atoms with Gasteiger partial charge in [-0.15, -0.1) is 0 Å². The topological polar surface area (TPSA) is 71.3 Å². The van der Waals surface area contributed by atoms with Gasteiger partial charge in [-0.25, -0.2) is 18.7 Å². The normalized spacial score (nSPS) is 22.1. The summed E-state index contributed by atoms with van der Waals surface area (Å²) in [5.41, 5.74) is -1.13. The molecule has 6 nitrogen and oxygen atoms in total. The molecule has 33 heavy (non-hydrogen) atoms. The third-order valence-electron chi connectivity index (χ3n) is 6.15. The molecule has 0 spiro atoms. The lowest BCUT2D eigenvalue weighted by molar-refractivity contribution is -0.138. The third-order valence-corrected chi connectivity index (χ3v) is 6.15. The van der Waals surface area contributed by atoms with Gasteiger partial charge in [0.25, 0.3) is 5.91 Å². The summed E-state index contributed by atoms with van der Waals surface area (Å²) in [7, 11) is 0. The van der Waals surface area contributed by atoms with Crippen molar-refractivity contribution in [1.29, 1.82) is 0 Å². The zero-order valence-corrected chi connectivity index (χ0v) is 16.9. The van der Waals surface area contributed by atoms with Crippen LogP contribution in [0.1, 0.15) is 35.2 Å². The van der Waals surface area contributed by atoms with Gasteiger partial charge in [0.1, 0.15) is 12.1 Å². The summed E-state index contributed by atoms with van der Waals surface area (Å²) in [6.45, 7) is 0. The van der Waals surface area contributed by atoms with Crippen LogP contribution in [0.5, 0.6) is 0 Å². The Kier molecular flexibility index (Phi) is 5.06. The molecule has 0 radical (unpaired) electrons. The molecule has 2 fully saturated rings. The number of nitrogens with one attached hydrogen (secondary N) is 1. The van der Waals surface area contributed by atoms with E-state index in [2.05, 4.69) is 15.3 Å². The van der Waals surface area contributed by atoms with Crippen LogP contribution in [0.4, 0.5) is 27.8 Å². The number of hydrogen-bond donors (Lipinski definition) is 1. The standard InChI is InChI=1S/C22H17F5N4O2/c23-14-3-1-2-13(18(14)20-28-6-7-33-20)21(32)31-12-4-5-17(31)16(9-12)30-19-15(24)8-11(10-29-19)22(25,26)27/h1-3,6-8,10,12,16-17H,4-5,9H2,(H,29,30). The predicted octanol–water partition coefficient (Wildman–Crippen LogP) is 4.89. The minimum Gasteiger partial charge on any atom is -0.444 e. The second-order valence-electron chi connectivity index (χ2n) is 8.05. The van der Waals surface area contributed by atoms with Crippen molar-refractivity contribution in [3.05, 3.63) is 65.7 Å². The number of aromatic nitrogens is 2. The molecule has 2 aliphatic heterocycles. The van der Waals surface area contributed by atoms with Gasteiger partial charge in [0.15, 0.2) is 11.6 Å². The van der Waals surface area contributed by atoms with Crippen molar-refractivity contribution < 1.29 is 31.2 Å². The van der Waals surface area contributed by atoms with E-state index in [9.17, 15) is 26.7 Å². The molecule has 2 aliphatic rings. The van der Waals surface area contributed by atoms with Gasteiger partial charge in [-0.05, 0) is 37.5 Å². The van der Waals surface area contributed by atoms with E-state index in [1.807, 2.05) is 0 Å². The fraction of sp³-hybridized carbons (Fsp3) is 0.318. The summed E-state index contributed by atoms with van der Waals surface area (Å²) >= 11 is 0. The summed E-state index contributed by atoms with van der Waals surface area (Å²) in [5.74, 6) is -2.52. The second kappa shape index (κ2) is 7.82. The molecule has 2 bridgehead atoms. The number of amides is 1. The van der Waals surface area contributed by atoms with Crippen molar-refractivity contribution in [2.45, 2.75) is 43.6 Å². The van der Waals surface area contributed by atoms with Gasteiger partial charge in [-0.3, -0.25) is 4.79 Å². The number of rotatable bonds is 4. The third kappa shape index (κ3) is 3.70. The summed E-state index contributed by atoms with van der Waals surface area (Å²) in [6, 6.07) is 3.56. The molecule has 11 heteroatoms. The maximum absolute atomic E-state index is 14.6. The van der Waals surface area contributed by atoms with Gasteiger partial charge in [0, 0.05) is 12.2 Å². The molecule has 3 atom stereocenters. The molecule has 4 heterocycles. The van der Waals surface area contributed by atoms with E-state index in [0.29, 0.717) is 31.5 Å². The minimum atomic E-state index is -4.70. The molecule has 1 N–H and O–H groups in total. The number of pyridine rings is 1. The zero-order valence-electron chi connectivity index (χ0n) is 16.9. The quantitative estimate of drug-likeness (QED) is 0.557. The van der Waals surface area contributed by atoms with Crippen LogP contribution >= 0.6 is 0 Å². The van der Waals surface area contributed by atoms with Crippen LogP contribution < -0.4 is 5.32 Å². The Bertz CT molecular complexity index is 1200. The molecule has 172 valence electrons. The fourth-order valence-electron chi connectivity index (χ4n) is 4.74. The van der Waals surface area contributed by atoms with Gasteiger partial charge in [-0.1, -0.05) is 6.07 Å². The van der Waals surface area contributed by atoms with Crippen LogP contribution in [0.25, 0.3) is 11.5 Å². The average Bonchev–Trinajstić information content (AvgIpc) is 3.50. The van der Waals surface area contributed by atoms with Crippen molar-refractivity contribution in [1.82, 2.24) is 14.9 Å². The molecule has 5 rings (SSSR count). The lowest BCUT2D eigenvalue weighted by atomic mass is 9.95. The van der Waals surface area contributed by atoms with Crippen molar-refractivity contribution >= 4 is 11.7 Å². The van der Waals surface area contributed by atoms with Crippen LogP contribution in [-0.4, -0.2) is 38.9 Å². The lowest BCUT2D eigenvalue weighted by Crippen LogP contribution is -2.40. The van der Waals surface area contributed by atoms with Crippen molar-refractivity contribution in [3.8, 4) is 11.5 Å². The molecule has 3 aromatic rings. The molecule has 0 aliphatic carbocycles. The molecule has 0 saturated carbocycles. The number of fused-ring (bicyclic) bond motifs is 2. The van der Waals surface area contributed by atoms with Crippen LogP contribution in [0.15, 0.2) is 47.3 Å². The molecule has 1 amide bonds. The Hall–Kier alpha value is -3.50. The first-order chi connectivity index (χ1) is 15.7. The summed E-state index contributed by atoms with van der Waals surface area (Å²) in [5, 5.41) is 2.86. The first-order valence-corrected chi connectivity index (χ1v) is 10.2. The number of carbonyl (C=O) groups excluding carboxylic acids is 1. The van der Waals surface area contributed by atoms with Crippen molar-refractivity contribution in [3.63, 3.8) is 0 Å². The Morgan fingerprint density at radius 1 is 1.15 bits per heavy atom. The number of alkyl halides is 3. The molecule has 1 aromatic carbocycles. The maximum atomic E-state index is 14.6. The van der Waals surface area contributed by atoms with Crippen molar-refractivity contribution in [2.75, 3.05) is 5.32 Å². The number of hydrogen-bond acceptors (Lipinski definition) is 5. The Morgan fingerprint density at radius 3 is 2.67 bits per heavy atom.